The summed E-state index contributed by atoms with van der Waals surface area (Å²) >= 11 is 4.88. The van der Waals surface area contributed by atoms with Gasteiger partial charge in [0, 0.05) is 26.6 Å². The molecule has 0 bridgehead atoms. The van der Waals surface area contributed by atoms with E-state index in [0.717, 1.165) is 19.0 Å². The molecule has 0 saturated heterocycles. The number of tetrazole rings is 1. The van der Waals surface area contributed by atoms with Crippen LogP contribution in [0.1, 0.15) is 20.3 Å². The van der Waals surface area contributed by atoms with Gasteiger partial charge in [-0.15, -0.1) is 0 Å². The van der Waals surface area contributed by atoms with Crippen LogP contribution in [0.5, 0.6) is 0 Å². The van der Waals surface area contributed by atoms with E-state index >= 15 is 0 Å². The zero-order valence-electron chi connectivity index (χ0n) is 9.92. The molecule has 0 aromatic carbocycles. The molecule has 0 atom stereocenters. The fraction of sp³-hybridized carbons (Fsp3) is 0.778. The molecule has 0 saturated carbocycles. The number of rotatable bonds is 6. The lowest BCUT2D eigenvalue weighted by atomic mass is 10.2. The maximum atomic E-state index is 5.51. The average Bonchev–Trinajstić information content (AvgIpc) is 2.58. The third kappa shape index (κ3) is 3.73. The normalized spacial score (nSPS) is 10.8. The van der Waals surface area contributed by atoms with Crippen LogP contribution in [0.3, 0.4) is 0 Å². The molecule has 0 aliphatic heterocycles. The van der Waals surface area contributed by atoms with Gasteiger partial charge in [0.25, 0.3) is 0 Å². The van der Waals surface area contributed by atoms with Crippen molar-refractivity contribution < 1.29 is 0 Å². The van der Waals surface area contributed by atoms with Gasteiger partial charge in [0.15, 0.2) is 0 Å². The van der Waals surface area contributed by atoms with Crippen LogP contribution in [0.4, 0.5) is 5.95 Å². The molecule has 0 spiro atoms. The number of nitrogens with two attached hydrogens (primary N) is 1. The van der Waals surface area contributed by atoms with Gasteiger partial charge in [0.2, 0.25) is 5.95 Å². The minimum Gasteiger partial charge on any atom is -0.393 e. The second-order valence-electron chi connectivity index (χ2n) is 4.16. The Kier molecular flexibility index (Phi) is 4.60. The van der Waals surface area contributed by atoms with E-state index in [1.165, 1.54) is 0 Å². The summed E-state index contributed by atoms with van der Waals surface area (Å²) in [4.78, 5) is 2.62. The minimum absolute atomic E-state index is 0.517. The second kappa shape index (κ2) is 5.74. The molecule has 0 fully saturated rings. The van der Waals surface area contributed by atoms with Crippen molar-refractivity contribution in [2.24, 2.45) is 18.7 Å². The van der Waals surface area contributed by atoms with Crippen LogP contribution in [0, 0.1) is 5.92 Å². The molecule has 6 nitrogen and oxygen atoms in total. The smallest absolute Gasteiger partial charge is 0.245 e. The van der Waals surface area contributed by atoms with Crippen molar-refractivity contribution in [2.45, 2.75) is 20.3 Å². The first-order valence-electron chi connectivity index (χ1n) is 5.26. The van der Waals surface area contributed by atoms with E-state index in [9.17, 15) is 0 Å². The summed E-state index contributed by atoms with van der Waals surface area (Å²) in [5.41, 5.74) is 5.51. The van der Waals surface area contributed by atoms with Gasteiger partial charge < -0.3 is 10.6 Å². The van der Waals surface area contributed by atoms with Gasteiger partial charge in [-0.05, 0) is 16.3 Å². The van der Waals surface area contributed by atoms with E-state index < -0.39 is 0 Å². The first-order valence-corrected chi connectivity index (χ1v) is 5.67. The van der Waals surface area contributed by atoms with Crippen LogP contribution >= 0.6 is 12.2 Å². The van der Waals surface area contributed by atoms with Crippen molar-refractivity contribution in [1.82, 2.24) is 20.2 Å². The number of hydrogen-bond donors (Lipinski definition) is 1. The predicted molar refractivity (Wildman–Crippen MR) is 67.3 cm³/mol. The molecule has 1 rings (SSSR count). The van der Waals surface area contributed by atoms with Crippen LogP contribution < -0.4 is 10.6 Å². The highest BCUT2D eigenvalue weighted by Gasteiger charge is 2.14. The molecule has 1 heterocycles. The van der Waals surface area contributed by atoms with Gasteiger partial charge in [-0.3, -0.25) is 0 Å². The standard InChI is InChI=1S/C9H18N6S/c1-7(2)6-15(5-4-8(10)16)9-11-12-13-14(9)3/h7H,4-6H2,1-3H3,(H2,10,16). The highest BCUT2D eigenvalue weighted by molar-refractivity contribution is 7.80. The van der Waals surface area contributed by atoms with Crippen molar-refractivity contribution >= 4 is 23.2 Å². The van der Waals surface area contributed by atoms with Crippen LogP contribution in [-0.4, -0.2) is 38.3 Å². The Labute approximate surface area is 101 Å². The Balaban J connectivity index is 2.71. The van der Waals surface area contributed by atoms with E-state index in [1.807, 2.05) is 7.05 Å². The van der Waals surface area contributed by atoms with Gasteiger partial charge in [-0.1, -0.05) is 31.2 Å². The van der Waals surface area contributed by atoms with Crippen LogP contribution in [-0.2, 0) is 7.05 Å². The molecule has 0 amide bonds. The number of hydrogen-bond acceptors (Lipinski definition) is 5. The fourth-order valence-electron chi connectivity index (χ4n) is 1.45. The second-order valence-corrected chi connectivity index (χ2v) is 4.68. The summed E-state index contributed by atoms with van der Waals surface area (Å²) in [6, 6.07) is 0. The number of aryl methyl sites for hydroxylation is 1. The van der Waals surface area contributed by atoms with Crippen molar-refractivity contribution in [1.29, 1.82) is 0 Å². The Bertz CT molecular complexity index is 348. The molecule has 90 valence electrons. The van der Waals surface area contributed by atoms with Gasteiger partial charge in [0.05, 0.1) is 4.99 Å². The molecule has 1 aromatic rings. The quantitative estimate of drug-likeness (QED) is 0.726. The van der Waals surface area contributed by atoms with E-state index in [2.05, 4.69) is 34.3 Å². The topological polar surface area (TPSA) is 72.9 Å². The molecule has 0 unspecified atom stereocenters. The molecule has 16 heavy (non-hydrogen) atoms. The Morgan fingerprint density at radius 1 is 1.56 bits per heavy atom. The lowest BCUT2D eigenvalue weighted by Crippen LogP contribution is -2.33. The molecular formula is C9H18N6S. The highest BCUT2D eigenvalue weighted by Crippen LogP contribution is 2.10. The van der Waals surface area contributed by atoms with Gasteiger partial charge >= 0.3 is 0 Å². The molecule has 7 heteroatoms. The molecule has 2 N–H and O–H groups in total. The van der Waals surface area contributed by atoms with Crippen LogP contribution in [0.2, 0.25) is 0 Å². The summed E-state index contributed by atoms with van der Waals surface area (Å²) in [6.07, 6.45) is 0.676. The first kappa shape index (κ1) is 12.8. The molecule has 0 radical (unpaired) electrons. The molecular weight excluding hydrogens is 224 g/mol. The van der Waals surface area contributed by atoms with E-state index in [-0.39, 0.29) is 0 Å². The number of thiocarbonyl (C=S) groups is 1. The predicted octanol–water partition coefficient (Wildman–Crippen LogP) is 0.349. The van der Waals surface area contributed by atoms with Crippen molar-refractivity contribution in [3.63, 3.8) is 0 Å². The lowest BCUT2D eigenvalue weighted by molar-refractivity contribution is 0.590. The van der Waals surface area contributed by atoms with Crippen molar-refractivity contribution in [2.75, 3.05) is 18.0 Å². The molecule has 0 aliphatic carbocycles. The zero-order chi connectivity index (χ0) is 12.1. The van der Waals surface area contributed by atoms with Crippen molar-refractivity contribution in [3.8, 4) is 0 Å². The van der Waals surface area contributed by atoms with E-state index in [0.29, 0.717) is 17.3 Å². The summed E-state index contributed by atoms with van der Waals surface area (Å²) in [7, 11) is 1.82. The van der Waals surface area contributed by atoms with E-state index in [1.54, 1.807) is 4.68 Å². The van der Waals surface area contributed by atoms with Gasteiger partial charge in [-0.2, -0.15) is 0 Å². The summed E-state index contributed by atoms with van der Waals surface area (Å²) < 4.78 is 1.65. The third-order valence-electron chi connectivity index (χ3n) is 2.09. The largest absolute Gasteiger partial charge is 0.393 e. The molecule has 0 aliphatic rings. The van der Waals surface area contributed by atoms with E-state index in [4.69, 9.17) is 18.0 Å². The number of nitrogens with zero attached hydrogens (tertiary/aromatic N) is 5. The SMILES string of the molecule is CC(C)CN(CCC(N)=S)c1nnnn1C. The van der Waals surface area contributed by atoms with Crippen LogP contribution in [0.15, 0.2) is 0 Å². The summed E-state index contributed by atoms with van der Waals surface area (Å²) in [5.74, 6) is 1.29. The Hall–Kier alpha value is -1.24. The number of anilines is 1. The fourth-order valence-corrected chi connectivity index (χ4v) is 1.54. The first-order chi connectivity index (χ1) is 7.50. The minimum atomic E-state index is 0.517. The summed E-state index contributed by atoms with van der Waals surface area (Å²) in [6.45, 7) is 5.94. The Morgan fingerprint density at radius 2 is 2.25 bits per heavy atom. The van der Waals surface area contributed by atoms with Crippen LogP contribution in [0.25, 0.3) is 0 Å². The maximum Gasteiger partial charge on any atom is 0.245 e. The maximum absolute atomic E-state index is 5.51. The summed E-state index contributed by atoms with van der Waals surface area (Å²) in [5, 5.41) is 11.4. The number of aromatic nitrogens is 4. The van der Waals surface area contributed by atoms with Crippen molar-refractivity contribution in [3.05, 3.63) is 0 Å². The average molecular weight is 242 g/mol. The third-order valence-corrected chi connectivity index (χ3v) is 2.30. The zero-order valence-corrected chi connectivity index (χ0v) is 10.7. The Morgan fingerprint density at radius 3 is 2.69 bits per heavy atom. The molecule has 1 aromatic heterocycles. The lowest BCUT2D eigenvalue weighted by Gasteiger charge is -2.23. The monoisotopic (exact) mass is 242 g/mol. The van der Waals surface area contributed by atoms with Gasteiger partial charge in [-0.25, -0.2) is 4.68 Å². The van der Waals surface area contributed by atoms with Gasteiger partial charge in [0.1, 0.15) is 0 Å². The highest BCUT2D eigenvalue weighted by atomic mass is 32.1.